The van der Waals surface area contributed by atoms with Gasteiger partial charge in [0.2, 0.25) is 5.91 Å². The number of carbonyl (C=O) groups excluding carboxylic acids is 2. The van der Waals surface area contributed by atoms with E-state index in [1.54, 1.807) is 48.7 Å². The van der Waals surface area contributed by atoms with Crippen LogP contribution < -0.4 is 25.0 Å². The highest BCUT2D eigenvalue weighted by atomic mass is 32.1. The van der Waals surface area contributed by atoms with Crippen LogP contribution in [-0.4, -0.2) is 38.7 Å². The van der Waals surface area contributed by atoms with Crippen molar-refractivity contribution >= 4 is 29.0 Å². The molecule has 26 heavy (non-hydrogen) atoms. The topological polar surface area (TPSA) is 79.9 Å². The number of rotatable bonds is 6. The van der Waals surface area contributed by atoms with Crippen LogP contribution in [0, 0.1) is 0 Å². The smallest absolute Gasteiger partial charge is 0.315 e. The summed E-state index contributed by atoms with van der Waals surface area (Å²) in [4.78, 5) is 27.1. The molecule has 1 aromatic heterocycles. The summed E-state index contributed by atoms with van der Waals surface area (Å²) >= 11 is 1.59. The third kappa shape index (κ3) is 4.08. The van der Waals surface area contributed by atoms with Gasteiger partial charge >= 0.3 is 6.03 Å². The number of thiophene rings is 1. The highest BCUT2D eigenvalue weighted by molar-refractivity contribution is 7.09. The molecule has 1 aromatic carbocycles. The van der Waals surface area contributed by atoms with Crippen molar-refractivity contribution in [1.82, 2.24) is 10.6 Å². The van der Waals surface area contributed by atoms with Gasteiger partial charge < -0.3 is 25.0 Å². The number of benzene rings is 1. The highest BCUT2D eigenvalue weighted by Crippen LogP contribution is 2.33. The van der Waals surface area contributed by atoms with E-state index in [2.05, 4.69) is 10.6 Å². The van der Waals surface area contributed by atoms with Gasteiger partial charge in [-0.05, 0) is 23.6 Å². The largest absolute Gasteiger partial charge is 0.493 e. The Morgan fingerprint density at radius 3 is 2.77 bits per heavy atom. The second kappa shape index (κ2) is 8.09. The first-order valence-electron chi connectivity index (χ1n) is 8.20. The molecular weight excluding hydrogens is 354 g/mol. The van der Waals surface area contributed by atoms with Gasteiger partial charge in [-0.2, -0.15) is 0 Å². The van der Waals surface area contributed by atoms with E-state index in [0.717, 1.165) is 10.6 Å². The molecule has 0 radical (unpaired) electrons. The van der Waals surface area contributed by atoms with Crippen molar-refractivity contribution in [2.24, 2.45) is 0 Å². The first-order chi connectivity index (χ1) is 12.6. The Kier molecular flexibility index (Phi) is 5.62. The fourth-order valence-electron chi connectivity index (χ4n) is 2.86. The lowest BCUT2D eigenvalue weighted by Gasteiger charge is -2.19. The van der Waals surface area contributed by atoms with Crippen molar-refractivity contribution in [3.05, 3.63) is 40.6 Å². The maximum atomic E-state index is 12.3. The summed E-state index contributed by atoms with van der Waals surface area (Å²) in [6, 6.07) is 8.72. The van der Waals surface area contributed by atoms with Crippen LogP contribution in [0.15, 0.2) is 35.7 Å². The SMILES string of the molecule is COc1ccc(N2C[C@H](NC(=O)NCc3cccs3)CC2=O)cc1OC. The lowest BCUT2D eigenvalue weighted by atomic mass is 10.2. The molecular formula is C18H21N3O4S. The maximum absolute atomic E-state index is 12.3. The number of ether oxygens (including phenoxy) is 2. The minimum Gasteiger partial charge on any atom is -0.493 e. The van der Waals surface area contributed by atoms with Gasteiger partial charge in [0.25, 0.3) is 0 Å². The van der Waals surface area contributed by atoms with Crippen molar-refractivity contribution in [2.45, 2.75) is 19.0 Å². The van der Waals surface area contributed by atoms with E-state index in [1.807, 2.05) is 17.5 Å². The predicted octanol–water partition coefficient (Wildman–Crippen LogP) is 2.37. The molecule has 138 valence electrons. The summed E-state index contributed by atoms with van der Waals surface area (Å²) in [5.74, 6) is 1.12. The summed E-state index contributed by atoms with van der Waals surface area (Å²) in [6.45, 7) is 0.893. The summed E-state index contributed by atoms with van der Waals surface area (Å²) in [5, 5.41) is 7.63. The lowest BCUT2D eigenvalue weighted by Crippen LogP contribution is -2.43. The van der Waals surface area contributed by atoms with Gasteiger partial charge in [0, 0.05) is 29.6 Å². The zero-order valence-corrected chi connectivity index (χ0v) is 15.5. The third-order valence-corrected chi connectivity index (χ3v) is 5.02. The molecule has 3 rings (SSSR count). The van der Waals surface area contributed by atoms with Crippen LogP contribution in [0.2, 0.25) is 0 Å². The number of hydrogen-bond donors (Lipinski definition) is 2. The fraction of sp³-hybridized carbons (Fsp3) is 0.333. The summed E-state index contributed by atoms with van der Waals surface area (Å²) in [5.41, 5.74) is 0.718. The molecule has 0 aliphatic carbocycles. The van der Waals surface area contributed by atoms with Gasteiger partial charge in [0.05, 0.1) is 26.8 Å². The van der Waals surface area contributed by atoms with E-state index in [-0.39, 0.29) is 24.4 Å². The van der Waals surface area contributed by atoms with Crippen LogP contribution in [-0.2, 0) is 11.3 Å². The van der Waals surface area contributed by atoms with Crippen LogP contribution in [0.5, 0.6) is 11.5 Å². The number of amides is 3. The molecule has 8 heteroatoms. The zero-order valence-electron chi connectivity index (χ0n) is 14.7. The fourth-order valence-corrected chi connectivity index (χ4v) is 3.51. The Labute approximate surface area is 155 Å². The molecule has 0 spiro atoms. The Bertz CT molecular complexity index is 779. The molecule has 3 amide bonds. The van der Waals surface area contributed by atoms with Crippen LogP contribution in [0.3, 0.4) is 0 Å². The van der Waals surface area contributed by atoms with Crippen molar-refractivity contribution in [1.29, 1.82) is 0 Å². The summed E-state index contributed by atoms with van der Waals surface area (Å²) in [6.07, 6.45) is 0.265. The number of nitrogens with zero attached hydrogens (tertiary/aromatic N) is 1. The monoisotopic (exact) mass is 375 g/mol. The van der Waals surface area contributed by atoms with Crippen molar-refractivity contribution < 1.29 is 19.1 Å². The minimum atomic E-state index is -0.273. The van der Waals surface area contributed by atoms with E-state index in [0.29, 0.717) is 24.6 Å². The van der Waals surface area contributed by atoms with Crippen LogP contribution in [0.1, 0.15) is 11.3 Å². The standard InChI is InChI=1S/C18H21N3O4S/c1-24-15-6-5-13(9-16(15)25-2)21-11-12(8-17(21)22)20-18(23)19-10-14-4-3-7-26-14/h3-7,9,12H,8,10-11H2,1-2H3,(H2,19,20,23)/t12-/m1/s1. The summed E-state index contributed by atoms with van der Waals surface area (Å²) in [7, 11) is 3.11. The normalized spacial score (nSPS) is 16.5. The van der Waals surface area contributed by atoms with Gasteiger partial charge in [0.15, 0.2) is 11.5 Å². The van der Waals surface area contributed by atoms with Crippen LogP contribution in [0.4, 0.5) is 10.5 Å². The molecule has 0 unspecified atom stereocenters. The summed E-state index contributed by atoms with van der Waals surface area (Å²) < 4.78 is 10.5. The Morgan fingerprint density at radius 2 is 2.08 bits per heavy atom. The van der Waals surface area contributed by atoms with E-state index in [4.69, 9.17) is 9.47 Å². The Balaban J connectivity index is 1.59. The number of carbonyl (C=O) groups is 2. The first-order valence-corrected chi connectivity index (χ1v) is 9.08. The Hall–Kier alpha value is -2.74. The van der Waals surface area contributed by atoms with Crippen molar-refractivity contribution in [2.75, 3.05) is 25.7 Å². The number of nitrogens with one attached hydrogen (secondary N) is 2. The molecule has 1 aliphatic rings. The van der Waals surface area contributed by atoms with E-state index >= 15 is 0 Å². The molecule has 1 aliphatic heterocycles. The molecule has 7 nitrogen and oxygen atoms in total. The lowest BCUT2D eigenvalue weighted by molar-refractivity contribution is -0.117. The molecule has 0 saturated carbocycles. The molecule has 0 bridgehead atoms. The van der Waals surface area contributed by atoms with E-state index < -0.39 is 0 Å². The molecule has 1 fully saturated rings. The molecule has 1 saturated heterocycles. The van der Waals surface area contributed by atoms with E-state index in [9.17, 15) is 9.59 Å². The molecule has 2 heterocycles. The zero-order chi connectivity index (χ0) is 18.5. The predicted molar refractivity (Wildman–Crippen MR) is 100.0 cm³/mol. The van der Waals surface area contributed by atoms with Gasteiger partial charge in [-0.3, -0.25) is 4.79 Å². The molecule has 1 atom stereocenters. The maximum Gasteiger partial charge on any atom is 0.315 e. The average molecular weight is 375 g/mol. The first kappa shape index (κ1) is 18.1. The third-order valence-electron chi connectivity index (χ3n) is 4.14. The number of methoxy groups -OCH3 is 2. The quantitative estimate of drug-likeness (QED) is 0.812. The number of anilines is 1. The van der Waals surface area contributed by atoms with Gasteiger partial charge in [-0.1, -0.05) is 6.07 Å². The van der Waals surface area contributed by atoms with E-state index in [1.165, 1.54) is 0 Å². The van der Waals surface area contributed by atoms with Gasteiger partial charge in [-0.25, -0.2) is 4.79 Å². The second-order valence-corrected chi connectivity index (χ2v) is 6.88. The van der Waals surface area contributed by atoms with Gasteiger partial charge in [0.1, 0.15) is 0 Å². The number of urea groups is 1. The Morgan fingerprint density at radius 1 is 1.27 bits per heavy atom. The molecule has 2 aromatic rings. The number of hydrogen-bond acceptors (Lipinski definition) is 5. The van der Waals surface area contributed by atoms with Crippen molar-refractivity contribution in [3.63, 3.8) is 0 Å². The second-order valence-electron chi connectivity index (χ2n) is 5.85. The minimum absolute atomic E-state index is 0.0409. The van der Waals surface area contributed by atoms with Crippen molar-refractivity contribution in [3.8, 4) is 11.5 Å². The van der Waals surface area contributed by atoms with Gasteiger partial charge in [-0.15, -0.1) is 11.3 Å². The van der Waals surface area contributed by atoms with Crippen LogP contribution >= 0.6 is 11.3 Å². The average Bonchev–Trinajstić information content (AvgIpc) is 3.29. The molecule has 2 N–H and O–H groups in total. The highest BCUT2D eigenvalue weighted by Gasteiger charge is 2.32. The van der Waals surface area contributed by atoms with Crippen LogP contribution in [0.25, 0.3) is 0 Å².